The molecule has 20 heavy (non-hydrogen) atoms. The molecule has 2 unspecified atom stereocenters. The third-order valence-electron chi connectivity index (χ3n) is 3.95. The van der Waals surface area contributed by atoms with E-state index in [-0.39, 0.29) is 0 Å². The maximum Gasteiger partial charge on any atom is 0.243 e. The Balaban J connectivity index is 2.07. The summed E-state index contributed by atoms with van der Waals surface area (Å²) >= 11 is 1.52. The van der Waals surface area contributed by atoms with Gasteiger partial charge < -0.3 is 5.32 Å². The van der Waals surface area contributed by atoms with Gasteiger partial charge in [0.25, 0.3) is 0 Å². The van der Waals surface area contributed by atoms with Gasteiger partial charge in [0.15, 0.2) is 0 Å². The van der Waals surface area contributed by atoms with Crippen LogP contribution in [0.1, 0.15) is 32.1 Å². The van der Waals surface area contributed by atoms with Gasteiger partial charge in [-0.25, -0.2) is 8.42 Å². The molecule has 2 atom stereocenters. The maximum atomic E-state index is 12.6. The third-order valence-corrected chi connectivity index (χ3v) is 6.84. The minimum absolute atomic E-state index is 0.439. The molecule has 2 rings (SSSR count). The molecule has 114 valence electrons. The predicted molar refractivity (Wildman–Crippen MR) is 83.4 cm³/mol. The van der Waals surface area contributed by atoms with Crippen molar-refractivity contribution < 1.29 is 8.42 Å². The molecule has 1 aliphatic heterocycles. The SMILES string of the molecule is CCCNCc1cc(S(=O)(=O)N2CC(C)C(C)C2)cs1. The topological polar surface area (TPSA) is 49.4 Å². The van der Waals surface area contributed by atoms with E-state index in [1.54, 1.807) is 9.69 Å². The van der Waals surface area contributed by atoms with Gasteiger partial charge in [0.2, 0.25) is 10.0 Å². The zero-order valence-electron chi connectivity index (χ0n) is 12.4. The molecule has 0 spiro atoms. The van der Waals surface area contributed by atoms with E-state index >= 15 is 0 Å². The molecule has 0 aromatic carbocycles. The third kappa shape index (κ3) is 3.42. The first-order valence-corrected chi connectivity index (χ1v) is 9.55. The molecule has 0 saturated carbocycles. The van der Waals surface area contributed by atoms with Gasteiger partial charge in [-0.1, -0.05) is 20.8 Å². The molecule has 1 saturated heterocycles. The number of sulfonamides is 1. The summed E-state index contributed by atoms with van der Waals surface area (Å²) in [6, 6.07) is 1.82. The second kappa shape index (κ2) is 6.56. The lowest BCUT2D eigenvalue weighted by Gasteiger charge is -2.14. The van der Waals surface area contributed by atoms with E-state index in [1.165, 1.54) is 11.3 Å². The van der Waals surface area contributed by atoms with Crippen LogP contribution in [0.3, 0.4) is 0 Å². The van der Waals surface area contributed by atoms with Crippen LogP contribution in [0.4, 0.5) is 0 Å². The molecular weight excluding hydrogens is 292 g/mol. The largest absolute Gasteiger partial charge is 0.312 e. The fraction of sp³-hybridized carbons (Fsp3) is 0.714. The van der Waals surface area contributed by atoms with Crippen molar-refractivity contribution in [2.75, 3.05) is 19.6 Å². The molecule has 4 nitrogen and oxygen atoms in total. The van der Waals surface area contributed by atoms with E-state index in [0.29, 0.717) is 29.8 Å². The van der Waals surface area contributed by atoms with Crippen LogP contribution in [-0.2, 0) is 16.6 Å². The average Bonchev–Trinajstić information content (AvgIpc) is 2.99. The number of rotatable bonds is 6. The highest BCUT2D eigenvalue weighted by Crippen LogP contribution is 2.29. The fourth-order valence-corrected chi connectivity index (χ4v) is 5.27. The van der Waals surface area contributed by atoms with Crippen LogP contribution in [0.15, 0.2) is 16.3 Å². The molecule has 0 amide bonds. The molecular formula is C14H24N2O2S2. The average molecular weight is 316 g/mol. The summed E-state index contributed by atoms with van der Waals surface area (Å²) in [6.07, 6.45) is 1.08. The summed E-state index contributed by atoms with van der Waals surface area (Å²) in [5.41, 5.74) is 0. The van der Waals surface area contributed by atoms with Gasteiger partial charge >= 0.3 is 0 Å². The Kier molecular flexibility index (Phi) is 5.23. The lowest BCUT2D eigenvalue weighted by atomic mass is 10.0. The first kappa shape index (κ1) is 15.9. The summed E-state index contributed by atoms with van der Waals surface area (Å²) < 4.78 is 26.8. The van der Waals surface area contributed by atoms with Crippen molar-refractivity contribution in [3.8, 4) is 0 Å². The standard InChI is InChI=1S/C14H24N2O2S2/c1-4-5-15-7-13-6-14(10-19-13)20(17,18)16-8-11(2)12(3)9-16/h6,10-12,15H,4-5,7-9H2,1-3H3. The normalized spacial score (nSPS) is 24.4. The van der Waals surface area contributed by atoms with Crippen molar-refractivity contribution in [3.63, 3.8) is 0 Å². The highest BCUT2D eigenvalue weighted by Gasteiger charge is 2.35. The van der Waals surface area contributed by atoms with Crippen LogP contribution < -0.4 is 5.32 Å². The Morgan fingerprint density at radius 3 is 2.60 bits per heavy atom. The second-order valence-electron chi connectivity index (χ2n) is 5.70. The number of hydrogen-bond donors (Lipinski definition) is 1. The summed E-state index contributed by atoms with van der Waals surface area (Å²) in [4.78, 5) is 1.54. The smallest absolute Gasteiger partial charge is 0.243 e. The molecule has 1 aromatic heterocycles. The Morgan fingerprint density at radius 2 is 2.00 bits per heavy atom. The minimum Gasteiger partial charge on any atom is -0.312 e. The zero-order chi connectivity index (χ0) is 14.8. The van der Waals surface area contributed by atoms with E-state index in [2.05, 4.69) is 26.1 Å². The van der Waals surface area contributed by atoms with Crippen LogP contribution in [0.5, 0.6) is 0 Å². The second-order valence-corrected chi connectivity index (χ2v) is 8.64. The van der Waals surface area contributed by atoms with Crippen molar-refractivity contribution in [2.24, 2.45) is 11.8 Å². The van der Waals surface area contributed by atoms with Crippen LogP contribution in [0.2, 0.25) is 0 Å². The lowest BCUT2D eigenvalue weighted by Crippen LogP contribution is -2.28. The Labute approximate surface area is 126 Å². The first-order valence-electron chi connectivity index (χ1n) is 7.23. The molecule has 2 heterocycles. The molecule has 1 fully saturated rings. The van der Waals surface area contributed by atoms with Crippen molar-refractivity contribution in [1.82, 2.24) is 9.62 Å². The maximum absolute atomic E-state index is 12.6. The van der Waals surface area contributed by atoms with Gasteiger partial charge in [0, 0.05) is 29.9 Å². The highest BCUT2D eigenvalue weighted by molar-refractivity contribution is 7.89. The summed E-state index contributed by atoms with van der Waals surface area (Å²) in [5.74, 6) is 0.878. The molecule has 1 N–H and O–H groups in total. The van der Waals surface area contributed by atoms with Crippen molar-refractivity contribution in [2.45, 2.75) is 38.6 Å². The fourth-order valence-electron chi connectivity index (χ4n) is 2.40. The molecule has 0 bridgehead atoms. The zero-order valence-corrected chi connectivity index (χ0v) is 14.1. The van der Waals surface area contributed by atoms with E-state index in [0.717, 1.165) is 24.4 Å². The van der Waals surface area contributed by atoms with Gasteiger partial charge in [0.1, 0.15) is 0 Å². The molecule has 0 aliphatic carbocycles. The van der Waals surface area contributed by atoms with Gasteiger partial charge in [-0.2, -0.15) is 4.31 Å². The van der Waals surface area contributed by atoms with Crippen molar-refractivity contribution in [3.05, 3.63) is 16.3 Å². The highest BCUT2D eigenvalue weighted by atomic mass is 32.2. The molecule has 6 heteroatoms. The number of hydrogen-bond acceptors (Lipinski definition) is 4. The Hall–Kier alpha value is -0.430. The minimum atomic E-state index is -3.30. The van der Waals surface area contributed by atoms with Crippen LogP contribution in [0, 0.1) is 11.8 Å². The lowest BCUT2D eigenvalue weighted by molar-refractivity contribution is 0.463. The molecule has 1 aromatic rings. The Bertz CT molecular complexity index is 529. The Morgan fingerprint density at radius 1 is 1.35 bits per heavy atom. The van der Waals surface area contributed by atoms with E-state index in [4.69, 9.17) is 0 Å². The van der Waals surface area contributed by atoms with Crippen molar-refractivity contribution >= 4 is 21.4 Å². The van der Waals surface area contributed by atoms with Crippen LogP contribution in [0.25, 0.3) is 0 Å². The number of thiophene rings is 1. The van der Waals surface area contributed by atoms with E-state index in [9.17, 15) is 8.42 Å². The van der Waals surface area contributed by atoms with Crippen LogP contribution >= 0.6 is 11.3 Å². The monoisotopic (exact) mass is 316 g/mol. The number of nitrogens with one attached hydrogen (secondary N) is 1. The first-order chi connectivity index (χ1) is 9.45. The van der Waals surface area contributed by atoms with Gasteiger partial charge in [-0.3, -0.25) is 0 Å². The van der Waals surface area contributed by atoms with Gasteiger partial charge in [-0.05, 0) is 30.9 Å². The number of nitrogens with zero attached hydrogens (tertiary/aromatic N) is 1. The van der Waals surface area contributed by atoms with E-state index in [1.807, 2.05) is 6.07 Å². The molecule has 1 aliphatic rings. The quantitative estimate of drug-likeness (QED) is 0.821. The summed E-state index contributed by atoms with van der Waals surface area (Å²) in [7, 11) is -3.30. The summed E-state index contributed by atoms with van der Waals surface area (Å²) in [5, 5.41) is 5.07. The predicted octanol–water partition coefficient (Wildman–Crippen LogP) is 2.52. The van der Waals surface area contributed by atoms with Crippen LogP contribution in [-0.4, -0.2) is 32.4 Å². The molecule has 0 radical (unpaired) electrons. The van der Waals surface area contributed by atoms with Gasteiger partial charge in [0.05, 0.1) is 4.90 Å². The van der Waals surface area contributed by atoms with E-state index < -0.39 is 10.0 Å². The van der Waals surface area contributed by atoms with Gasteiger partial charge in [-0.15, -0.1) is 11.3 Å². The van der Waals surface area contributed by atoms with Crippen molar-refractivity contribution in [1.29, 1.82) is 0 Å². The summed E-state index contributed by atoms with van der Waals surface area (Å²) in [6.45, 7) is 9.35.